The van der Waals surface area contributed by atoms with Crippen LogP contribution in [0.5, 0.6) is 5.75 Å². The van der Waals surface area contributed by atoms with Crippen molar-refractivity contribution in [2.24, 2.45) is 0 Å². The van der Waals surface area contributed by atoms with Crippen LogP contribution in [0.15, 0.2) is 48.5 Å². The molecule has 5 heteroatoms. The second-order valence-electron chi connectivity index (χ2n) is 6.85. The molecule has 3 rings (SSSR count). The maximum Gasteiger partial charge on any atom is 0.270 e. The first-order chi connectivity index (χ1) is 12.4. The lowest BCUT2D eigenvalue weighted by Crippen LogP contribution is -2.53. The number of nitrogens with one attached hydrogen (secondary N) is 1. The van der Waals surface area contributed by atoms with Crippen LogP contribution in [0.1, 0.15) is 32.8 Å². The summed E-state index contributed by atoms with van der Waals surface area (Å²) in [5.41, 5.74) is 1.68. The van der Waals surface area contributed by atoms with Gasteiger partial charge in [0.1, 0.15) is 5.75 Å². The lowest BCUT2D eigenvalue weighted by atomic mass is 10.0. The van der Waals surface area contributed by atoms with Crippen LogP contribution in [0.25, 0.3) is 0 Å². The molecular formula is C21H24N2O3. The van der Waals surface area contributed by atoms with Crippen LogP contribution in [-0.4, -0.2) is 24.0 Å². The highest BCUT2D eigenvalue weighted by molar-refractivity contribution is 6.03. The van der Waals surface area contributed by atoms with Gasteiger partial charge in [0.2, 0.25) is 5.91 Å². The standard InChI is InChI=1S/C21H24N2O3/c1-4-15-9-5-6-10-16(15)22-19(24)13-14-23-17-11-7-8-12-18(17)26-21(2,3)20(23)25/h5-12H,4,13-14H2,1-3H3,(H,22,24). The van der Waals surface area contributed by atoms with Gasteiger partial charge >= 0.3 is 0 Å². The fourth-order valence-electron chi connectivity index (χ4n) is 3.12. The molecule has 2 aromatic rings. The molecule has 2 amide bonds. The highest BCUT2D eigenvalue weighted by Crippen LogP contribution is 2.37. The molecule has 136 valence electrons. The molecule has 0 aromatic heterocycles. The molecule has 0 aliphatic carbocycles. The number of anilines is 2. The first-order valence-corrected chi connectivity index (χ1v) is 8.90. The molecule has 0 unspecified atom stereocenters. The van der Waals surface area contributed by atoms with E-state index in [-0.39, 0.29) is 18.2 Å². The van der Waals surface area contributed by atoms with Crippen LogP contribution in [0.4, 0.5) is 11.4 Å². The molecule has 26 heavy (non-hydrogen) atoms. The van der Waals surface area contributed by atoms with E-state index in [1.54, 1.807) is 18.7 Å². The van der Waals surface area contributed by atoms with Crippen molar-refractivity contribution < 1.29 is 14.3 Å². The number of fused-ring (bicyclic) bond motifs is 1. The van der Waals surface area contributed by atoms with Crippen LogP contribution < -0.4 is 15.0 Å². The molecular weight excluding hydrogens is 328 g/mol. The number of amides is 2. The zero-order chi connectivity index (χ0) is 18.7. The second kappa shape index (κ2) is 7.20. The fraction of sp³-hybridized carbons (Fsp3) is 0.333. The van der Waals surface area contributed by atoms with Crippen LogP contribution in [-0.2, 0) is 16.0 Å². The predicted octanol–water partition coefficient (Wildman–Crippen LogP) is 3.78. The molecule has 0 saturated heterocycles. The summed E-state index contributed by atoms with van der Waals surface area (Å²) in [5, 5.41) is 2.95. The van der Waals surface area contributed by atoms with Crippen LogP contribution in [0, 0.1) is 0 Å². The van der Waals surface area contributed by atoms with Crippen LogP contribution in [0.3, 0.4) is 0 Å². The maximum atomic E-state index is 12.8. The number of benzene rings is 2. The maximum absolute atomic E-state index is 12.8. The minimum Gasteiger partial charge on any atom is -0.476 e. The number of aryl methyl sites for hydroxylation is 1. The molecule has 0 spiro atoms. The van der Waals surface area contributed by atoms with Gasteiger partial charge in [-0.15, -0.1) is 0 Å². The zero-order valence-corrected chi connectivity index (χ0v) is 15.4. The van der Waals surface area contributed by atoms with Gasteiger partial charge in [-0.25, -0.2) is 0 Å². The highest BCUT2D eigenvalue weighted by Gasteiger charge is 2.40. The Hall–Kier alpha value is -2.82. The average molecular weight is 352 g/mol. The van der Waals surface area contributed by atoms with Gasteiger partial charge in [0, 0.05) is 18.7 Å². The van der Waals surface area contributed by atoms with E-state index in [0.29, 0.717) is 18.0 Å². The zero-order valence-electron chi connectivity index (χ0n) is 15.4. The Kier molecular flexibility index (Phi) is 4.98. The normalized spacial score (nSPS) is 15.2. The van der Waals surface area contributed by atoms with Gasteiger partial charge < -0.3 is 15.0 Å². The topological polar surface area (TPSA) is 58.6 Å². The SMILES string of the molecule is CCc1ccccc1NC(=O)CCN1C(=O)C(C)(C)Oc2ccccc21. The number of hydrogen-bond acceptors (Lipinski definition) is 3. The highest BCUT2D eigenvalue weighted by atomic mass is 16.5. The summed E-state index contributed by atoms with van der Waals surface area (Å²) in [6.07, 6.45) is 1.06. The van der Waals surface area contributed by atoms with E-state index in [1.165, 1.54) is 0 Å². The predicted molar refractivity (Wildman–Crippen MR) is 103 cm³/mol. The van der Waals surface area contributed by atoms with Crippen molar-refractivity contribution in [3.8, 4) is 5.75 Å². The van der Waals surface area contributed by atoms with Gasteiger partial charge in [0.25, 0.3) is 5.91 Å². The summed E-state index contributed by atoms with van der Waals surface area (Å²) in [6.45, 7) is 5.85. The molecule has 0 atom stereocenters. The molecule has 0 bridgehead atoms. The Balaban J connectivity index is 1.72. The smallest absolute Gasteiger partial charge is 0.270 e. The Morgan fingerprint density at radius 3 is 2.58 bits per heavy atom. The van der Waals surface area contributed by atoms with Crippen molar-refractivity contribution in [3.05, 3.63) is 54.1 Å². The number of carbonyl (C=O) groups excluding carboxylic acids is 2. The first-order valence-electron chi connectivity index (χ1n) is 8.90. The third kappa shape index (κ3) is 3.57. The molecule has 1 aliphatic rings. The molecule has 1 heterocycles. The molecule has 0 saturated carbocycles. The Bertz CT molecular complexity index is 830. The number of carbonyl (C=O) groups is 2. The van der Waals surface area contributed by atoms with E-state index >= 15 is 0 Å². The molecule has 5 nitrogen and oxygen atoms in total. The van der Waals surface area contributed by atoms with E-state index < -0.39 is 5.60 Å². The summed E-state index contributed by atoms with van der Waals surface area (Å²) in [4.78, 5) is 26.8. The van der Waals surface area contributed by atoms with Gasteiger partial charge in [0.15, 0.2) is 5.60 Å². The third-order valence-corrected chi connectivity index (χ3v) is 4.52. The second-order valence-corrected chi connectivity index (χ2v) is 6.85. The van der Waals surface area contributed by atoms with Crippen LogP contribution >= 0.6 is 0 Å². The largest absolute Gasteiger partial charge is 0.476 e. The number of rotatable bonds is 5. The van der Waals surface area contributed by atoms with E-state index in [2.05, 4.69) is 12.2 Å². The first kappa shape index (κ1) is 18.0. The quantitative estimate of drug-likeness (QED) is 0.891. The summed E-state index contributed by atoms with van der Waals surface area (Å²) in [7, 11) is 0. The van der Waals surface area contributed by atoms with E-state index in [4.69, 9.17) is 4.74 Å². The van der Waals surface area contributed by atoms with Crippen molar-refractivity contribution in [3.63, 3.8) is 0 Å². The molecule has 2 aromatic carbocycles. The number of para-hydroxylation sites is 3. The third-order valence-electron chi connectivity index (χ3n) is 4.52. The Labute approximate surface area is 154 Å². The van der Waals surface area contributed by atoms with E-state index in [0.717, 1.165) is 17.7 Å². The van der Waals surface area contributed by atoms with Crippen molar-refractivity contribution in [2.75, 3.05) is 16.8 Å². The number of ether oxygens (including phenoxy) is 1. The van der Waals surface area contributed by atoms with Gasteiger partial charge in [-0.3, -0.25) is 9.59 Å². The summed E-state index contributed by atoms with van der Waals surface area (Å²) < 4.78 is 5.80. The van der Waals surface area contributed by atoms with Crippen molar-refractivity contribution in [1.82, 2.24) is 0 Å². The molecule has 1 N–H and O–H groups in total. The minimum absolute atomic E-state index is 0.111. The molecule has 0 radical (unpaired) electrons. The monoisotopic (exact) mass is 352 g/mol. The number of nitrogens with zero attached hydrogens (tertiary/aromatic N) is 1. The van der Waals surface area contributed by atoms with Gasteiger partial charge in [-0.05, 0) is 44.0 Å². The number of hydrogen-bond donors (Lipinski definition) is 1. The molecule has 0 fully saturated rings. The lowest BCUT2D eigenvalue weighted by Gasteiger charge is -2.38. The van der Waals surface area contributed by atoms with Crippen molar-refractivity contribution in [1.29, 1.82) is 0 Å². The van der Waals surface area contributed by atoms with Crippen molar-refractivity contribution >= 4 is 23.2 Å². The van der Waals surface area contributed by atoms with Gasteiger partial charge in [-0.2, -0.15) is 0 Å². The Morgan fingerprint density at radius 2 is 1.81 bits per heavy atom. The van der Waals surface area contributed by atoms with Crippen LogP contribution in [0.2, 0.25) is 0 Å². The van der Waals surface area contributed by atoms with E-state index in [9.17, 15) is 9.59 Å². The van der Waals surface area contributed by atoms with E-state index in [1.807, 2.05) is 48.5 Å². The summed E-state index contributed by atoms with van der Waals surface area (Å²) >= 11 is 0. The minimum atomic E-state index is -0.945. The molecule has 1 aliphatic heterocycles. The lowest BCUT2D eigenvalue weighted by molar-refractivity contribution is -0.132. The van der Waals surface area contributed by atoms with Crippen molar-refractivity contribution in [2.45, 2.75) is 39.2 Å². The van der Waals surface area contributed by atoms with Gasteiger partial charge in [-0.1, -0.05) is 37.3 Å². The average Bonchev–Trinajstić information content (AvgIpc) is 2.62. The fourth-order valence-corrected chi connectivity index (χ4v) is 3.12. The summed E-state index contributed by atoms with van der Waals surface area (Å²) in [5.74, 6) is 0.410. The summed E-state index contributed by atoms with van der Waals surface area (Å²) in [6, 6.07) is 15.2. The van der Waals surface area contributed by atoms with Gasteiger partial charge in [0.05, 0.1) is 5.69 Å². The Morgan fingerprint density at radius 1 is 1.12 bits per heavy atom.